The van der Waals surface area contributed by atoms with Crippen LogP contribution in [-0.4, -0.2) is 57.1 Å². The van der Waals surface area contributed by atoms with Crippen molar-refractivity contribution in [3.05, 3.63) is 78.4 Å². The molecular weight excluding hydrogens is 462 g/mol. The molecule has 35 heavy (non-hydrogen) atoms. The van der Waals surface area contributed by atoms with E-state index in [0.717, 1.165) is 26.9 Å². The Balaban J connectivity index is 1.96. The lowest BCUT2D eigenvalue weighted by atomic mass is 10.1. The van der Waals surface area contributed by atoms with Gasteiger partial charge in [0.15, 0.2) is 0 Å². The largest absolute Gasteiger partial charge is 0.355 e. The maximum Gasteiger partial charge on any atom is 0.244 e. The number of hydrogen-bond acceptors (Lipinski definition) is 4. The minimum atomic E-state index is -3.78. The van der Waals surface area contributed by atoms with E-state index in [0.29, 0.717) is 31.6 Å². The number of amides is 2. The highest BCUT2D eigenvalue weighted by Gasteiger charge is 2.31. The van der Waals surface area contributed by atoms with E-state index in [4.69, 9.17) is 0 Å². The van der Waals surface area contributed by atoms with Gasteiger partial charge < -0.3 is 10.2 Å². The van der Waals surface area contributed by atoms with Gasteiger partial charge >= 0.3 is 0 Å². The number of nitrogens with one attached hydrogen (secondary N) is 1. The van der Waals surface area contributed by atoms with Crippen LogP contribution in [0, 0.1) is 0 Å². The van der Waals surface area contributed by atoms with Gasteiger partial charge in [0.05, 0.1) is 11.9 Å². The summed E-state index contributed by atoms with van der Waals surface area (Å²) in [5.74, 6) is -0.662. The normalized spacial score (nSPS) is 12.2. The zero-order valence-electron chi connectivity index (χ0n) is 20.5. The first kappa shape index (κ1) is 26.2. The van der Waals surface area contributed by atoms with Crippen LogP contribution in [0.3, 0.4) is 0 Å². The quantitative estimate of drug-likeness (QED) is 0.440. The van der Waals surface area contributed by atoms with Gasteiger partial charge in [-0.05, 0) is 36.8 Å². The molecule has 0 fully saturated rings. The third-order valence-electron chi connectivity index (χ3n) is 5.94. The molecule has 3 aromatic rings. The van der Waals surface area contributed by atoms with E-state index in [1.165, 1.54) is 4.90 Å². The molecule has 0 aliphatic rings. The molecule has 0 saturated carbocycles. The summed E-state index contributed by atoms with van der Waals surface area (Å²) in [4.78, 5) is 28.0. The highest BCUT2D eigenvalue weighted by Crippen LogP contribution is 2.28. The molecule has 186 valence electrons. The molecule has 1 atom stereocenters. The fourth-order valence-electron chi connectivity index (χ4n) is 4.21. The fraction of sp³-hybridized carbons (Fsp3) is 0.333. The lowest BCUT2D eigenvalue weighted by Crippen LogP contribution is -2.53. The Bertz CT molecular complexity index is 1260. The first-order valence-electron chi connectivity index (χ1n) is 11.8. The third kappa shape index (κ3) is 6.60. The van der Waals surface area contributed by atoms with E-state index < -0.39 is 28.5 Å². The van der Waals surface area contributed by atoms with E-state index in [1.807, 2.05) is 74.5 Å². The standard InChI is InChI=1S/C27H33N3O4S/c1-4-24(27(32)28-5-2)29(19-18-21-12-7-6-8-13-21)26(31)20-30(35(3,33)34)25-17-11-15-22-14-9-10-16-23(22)25/h6-17,24H,4-5,18-20H2,1-3H3,(H,28,32)/t24-/m0/s1. The summed E-state index contributed by atoms with van der Waals surface area (Å²) in [6.45, 7) is 4.03. The number of carbonyl (C=O) groups is 2. The number of anilines is 1. The number of hydrogen-bond donors (Lipinski definition) is 1. The Morgan fingerprint density at radius 2 is 1.57 bits per heavy atom. The van der Waals surface area contributed by atoms with Crippen molar-refractivity contribution in [3.63, 3.8) is 0 Å². The monoisotopic (exact) mass is 495 g/mol. The summed E-state index contributed by atoms with van der Waals surface area (Å²) in [7, 11) is -3.78. The number of likely N-dealkylation sites (N-methyl/N-ethyl adjacent to an activating group) is 1. The molecule has 7 nitrogen and oxygen atoms in total. The van der Waals surface area contributed by atoms with Crippen LogP contribution in [0.15, 0.2) is 72.8 Å². The molecule has 1 N–H and O–H groups in total. The van der Waals surface area contributed by atoms with E-state index in [9.17, 15) is 18.0 Å². The summed E-state index contributed by atoms with van der Waals surface area (Å²) in [5, 5.41) is 4.42. The molecule has 0 heterocycles. The van der Waals surface area contributed by atoms with Gasteiger partial charge in [-0.1, -0.05) is 73.7 Å². The van der Waals surface area contributed by atoms with Crippen LogP contribution >= 0.6 is 0 Å². The first-order valence-corrected chi connectivity index (χ1v) is 13.7. The van der Waals surface area contributed by atoms with Crippen molar-refractivity contribution in [1.82, 2.24) is 10.2 Å². The molecule has 3 aromatic carbocycles. The van der Waals surface area contributed by atoms with Crippen molar-refractivity contribution in [2.45, 2.75) is 32.7 Å². The maximum absolute atomic E-state index is 13.7. The second kappa shape index (κ2) is 11.8. The molecule has 0 aliphatic carbocycles. The molecule has 0 spiro atoms. The van der Waals surface area contributed by atoms with Crippen molar-refractivity contribution in [1.29, 1.82) is 0 Å². The number of benzene rings is 3. The zero-order valence-corrected chi connectivity index (χ0v) is 21.3. The fourth-order valence-corrected chi connectivity index (χ4v) is 5.07. The summed E-state index contributed by atoms with van der Waals surface area (Å²) in [5.41, 5.74) is 1.47. The van der Waals surface area contributed by atoms with Gasteiger partial charge in [0.1, 0.15) is 12.6 Å². The predicted molar refractivity (Wildman–Crippen MR) is 141 cm³/mol. The lowest BCUT2D eigenvalue weighted by Gasteiger charge is -2.33. The van der Waals surface area contributed by atoms with E-state index >= 15 is 0 Å². The number of fused-ring (bicyclic) bond motifs is 1. The van der Waals surface area contributed by atoms with Gasteiger partial charge in [-0.2, -0.15) is 0 Å². The Kier molecular flexibility index (Phi) is 8.87. The Morgan fingerprint density at radius 3 is 2.23 bits per heavy atom. The average molecular weight is 496 g/mol. The topological polar surface area (TPSA) is 86.8 Å². The highest BCUT2D eigenvalue weighted by molar-refractivity contribution is 7.92. The second-order valence-corrected chi connectivity index (χ2v) is 10.3. The van der Waals surface area contributed by atoms with Crippen LogP contribution in [0.5, 0.6) is 0 Å². The van der Waals surface area contributed by atoms with Gasteiger partial charge in [-0.3, -0.25) is 13.9 Å². The number of nitrogens with zero attached hydrogens (tertiary/aromatic N) is 2. The van der Waals surface area contributed by atoms with Gasteiger partial charge in [-0.15, -0.1) is 0 Å². The molecule has 2 amide bonds. The number of rotatable bonds is 11. The minimum absolute atomic E-state index is 0.243. The SMILES string of the molecule is CCNC(=O)[C@H](CC)N(CCc1ccccc1)C(=O)CN(c1cccc2ccccc12)S(C)(=O)=O. The lowest BCUT2D eigenvalue weighted by molar-refractivity contribution is -0.139. The molecule has 0 saturated heterocycles. The van der Waals surface area contributed by atoms with Crippen molar-refractivity contribution < 1.29 is 18.0 Å². The Hall–Kier alpha value is -3.39. The van der Waals surface area contributed by atoms with Crippen molar-refractivity contribution in [3.8, 4) is 0 Å². The van der Waals surface area contributed by atoms with Crippen LogP contribution in [0.25, 0.3) is 10.8 Å². The van der Waals surface area contributed by atoms with Gasteiger partial charge in [0, 0.05) is 18.5 Å². The van der Waals surface area contributed by atoms with Gasteiger partial charge in [0.25, 0.3) is 0 Å². The van der Waals surface area contributed by atoms with E-state index in [2.05, 4.69) is 5.32 Å². The molecule has 0 unspecified atom stereocenters. The van der Waals surface area contributed by atoms with Crippen LogP contribution < -0.4 is 9.62 Å². The summed E-state index contributed by atoms with van der Waals surface area (Å²) < 4.78 is 26.9. The van der Waals surface area contributed by atoms with Gasteiger partial charge in [0.2, 0.25) is 21.8 Å². The highest BCUT2D eigenvalue weighted by atomic mass is 32.2. The zero-order chi connectivity index (χ0) is 25.4. The van der Waals surface area contributed by atoms with Crippen molar-refractivity contribution in [2.75, 3.05) is 30.2 Å². The van der Waals surface area contributed by atoms with Crippen LogP contribution in [0.1, 0.15) is 25.8 Å². The van der Waals surface area contributed by atoms with E-state index in [1.54, 1.807) is 12.1 Å². The number of carbonyl (C=O) groups excluding carboxylic acids is 2. The smallest absolute Gasteiger partial charge is 0.244 e. The second-order valence-electron chi connectivity index (χ2n) is 8.41. The molecule has 0 bridgehead atoms. The summed E-state index contributed by atoms with van der Waals surface area (Å²) in [6.07, 6.45) is 2.06. The van der Waals surface area contributed by atoms with E-state index in [-0.39, 0.29) is 5.91 Å². The van der Waals surface area contributed by atoms with Crippen LogP contribution in [0.4, 0.5) is 5.69 Å². The van der Waals surface area contributed by atoms with Crippen molar-refractivity contribution >= 4 is 38.3 Å². The Morgan fingerprint density at radius 1 is 0.914 bits per heavy atom. The van der Waals surface area contributed by atoms with Gasteiger partial charge in [-0.25, -0.2) is 8.42 Å². The van der Waals surface area contributed by atoms with Crippen molar-refractivity contribution in [2.24, 2.45) is 0 Å². The average Bonchev–Trinajstić information content (AvgIpc) is 2.84. The first-order chi connectivity index (χ1) is 16.8. The summed E-state index contributed by atoms with van der Waals surface area (Å²) in [6, 6.07) is 21.8. The molecule has 0 aliphatic heterocycles. The predicted octanol–water partition coefficient (Wildman–Crippen LogP) is 3.59. The molecule has 8 heteroatoms. The third-order valence-corrected chi connectivity index (χ3v) is 7.06. The number of sulfonamides is 1. The van der Waals surface area contributed by atoms with Crippen LogP contribution in [-0.2, 0) is 26.0 Å². The van der Waals surface area contributed by atoms with Crippen LogP contribution in [0.2, 0.25) is 0 Å². The molecule has 3 rings (SSSR count). The minimum Gasteiger partial charge on any atom is -0.355 e. The Labute approximate surface area is 207 Å². The molecule has 0 aromatic heterocycles. The summed E-state index contributed by atoms with van der Waals surface area (Å²) >= 11 is 0. The molecule has 0 radical (unpaired) electrons. The maximum atomic E-state index is 13.7. The molecular formula is C27H33N3O4S.